The molecule has 0 aliphatic heterocycles. The largest absolute Gasteiger partial charge is 0.450 e. The summed E-state index contributed by atoms with van der Waals surface area (Å²) in [5.74, 6) is -3.36. The lowest BCUT2D eigenvalue weighted by Crippen LogP contribution is -2.60. The van der Waals surface area contributed by atoms with Gasteiger partial charge in [-0.05, 0) is 24.3 Å². The summed E-state index contributed by atoms with van der Waals surface area (Å²) in [5, 5.41) is -14.0. The maximum Gasteiger partial charge on any atom is 0.450 e. The maximum atomic E-state index is 13.6. The normalized spacial score (nSPS) is 15.2. The average molecular weight is 574 g/mol. The fourth-order valence-electron chi connectivity index (χ4n) is 1.81. The Morgan fingerprint density at radius 3 is 0.765 bits per heavy atom. The number of hydrogen-bond acceptors (Lipinski definition) is 6. The van der Waals surface area contributed by atoms with Crippen molar-refractivity contribution in [2.45, 2.75) is 34.7 Å². The highest BCUT2D eigenvalue weighted by atomic mass is 32.2. The molecule has 34 heavy (non-hydrogen) atoms. The highest BCUT2D eigenvalue weighted by Gasteiger charge is 2.83. The Labute approximate surface area is 178 Å². The van der Waals surface area contributed by atoms with Crippen molar-refractivity contribution in [2.24, 2.45) is 0 Å². The van der Waals surface area contributed by atoms with Crippen LogP contribution in [-0.4, -0.2) is 51.5 Å². The van der Waals surface area contributed by atoms with Crippen molar-refractivity contribution in [3.63, 3.8) is 0 Å². The highest BCUT2D eigenvalue weighted by Crippen LogP contribution is 2.51. The molecule has 0 bridgehead atoms. The van der Waals surface area contributed by atoms with E-state index in [1.165, 1.54) is 0 Å². The second-order valence-electron chi connectivity index (χ2n) is 5.73. The lowest BCUT2D eigenvalue weighted by molar-refractivity contribution is -0.308. The third kappa shape index (κ3) is 4.77. The van der Waals surface area contributed by atoms with E-state index in [0.717, 1.165) is 0 Å². The van der Waals surface area contributed by atoms with Crippen LogP contribution in [0.4, 0.5) is 61.5 Å². The Balaban J connectivity index is 3.36. The minimum Gasteiger partial charge on any atom is -0.380 e. The molecule has 198 valence electrons. The van der Waals surface area contributed by atoms with Crippen LogP contribution in [0.3, 0.4) is 0 Å². The van der Waals surface area contributed by atoms with E-state index in [0.29, 0.717) is 0 Å². The third-order valence-corrected chi connectivity index (χ3v) is 6.51. The molecule has 1 aromatic rings. The van der Waals surface area contributed by atoms with E-state index >= 15 is 0 Å². The van der Waals surface area contributed by atoms with Crippen molar-refractivity contribution >= 4 is 20.2 Å². The fourth-order valence-corrected chi connectivity index (χ4v) is 3.90. The number of benzene rings is 1. The molecule has 0 heterocycles. The molecule has 0 radical (unpaired) electrons. The number of halogens is 14. The molecular weight excluding hydrogens is 570 g/mol. The molecule has 0 saturated carbocycles. The lowest BCUT2D eigenvalue weighted by Gasteiger charge is -2.29. The second-order valence-corrected chi connectivity index (χ2v) is 9.00. The van der Waals surface area contributed by atoms with Crippen LogP contribution in [0.2, 0.25) is 0 Å². The van der Waals surface area contributed by atoms with Gasteiger partial charge in [0.1, 0.15) is 11.5 Å². The van der Waals surface area contributed by atoms with Crippen LogP contribution in [0.15, 0.2) is 24.3 Å². The van der Waals surface area contributed by atoms with Crippen LogP contribution < -0.4 is 8.37 Å². The van der Waals surface area contributed by atoms with Crippen LogP contribution in [0.5, 0.6) is 11.5 Å². The topological polar surface area (TPSA) is 86.7 Å². The summed E-state index contributed by atoms with van der Waals surface area (Å²) in [6, 6.07) is -0.680. The molecular formula is C12H4F14O6S2. The van der Waals surface area contributed by atoms with Crippen molar-refractivity contribution < 1.29 is 86.7 Å². The zero-order valence-electron chi connectivity index (χ0n) is 14.9. The first-order valence-electron chi connectivity index (χ1n) is 7.28. The molecule has 0 N–H and O–H groups in total. The molecule has 1 aromatic carbocycles. The summed E-state index contributed by atoms with van der Waals surface area (Å²) < 4.78 is 229. The van der Waals surface area contributed by atoms with Gasteiger partial charge in [0.05, 0.1) is 0 Å². The van der Waals surface area contributed by atoms with Gasteiger partial charge in [-0.1, -0.05) is 0 Å². The fraction of sp³-hybridized carbons (Fsp3) is 0.500. The van der Waals surface area contributed by atoms with Gasteiger partial charge in [0, 0.05) is 0 Å². The molecule has 0 aliphatic rings. The number of rotatable bonds is 6. The van der Waals surface area contributed by atoms with Gasteiger partial charge in [-0.25, -0.2) is 8.78 Å². The van der Waals surface area contributed by atoms with E-state index in [1.807, 2.05) is 0 Å². The first kappa shape index (κ1) is 29.8. The summed E-state index contributed by atoms with van der Waals surface area (Å²) in [4.78, 5) is 0. The average Bonchev–Trinajstić information content (AvgIpc) is 2.57. The summed E-state index contributed by atoms with van der Waals surface area (Å²) >= 11 is 0. The van der Waals surface area contributed by atoms with E-state index in [9.17, 15) is 78.3 Å². The predicted octanol–water partition coefficient (Wildman–Crippen LogP) is 4.68. The smallest absolute Gasteiger partial charge is 0.380 e. The molecule has 22 heteroatoms. The molecule has 1 rings (SSSR count). The molecule has 0 unspecified atom stereocenters. The monoisotopic (exact) mass is 574 g/mol. The van der Waals surface area contributed by atoms with Crippen molar-refractivity contribution in [3.05, 3.63) is 24.3 Å². The second kappa shape index (κ2) is 8.16. The van der Waals surface area contributed by atoms with E-state index in [2.05, 4.69) is 8.37 Å². The summed E-state index contributed by atoms with van der Waals surface area (Å²) in [7, 11) is -14.7. The molecule has 0 aromatic heterocycles. The Morgan fingerprint density at radius 1 is 0.441 bits per heavy atom. The van der Waals surface area contributed by atoms with Crippen LogP contribution in [0.25, 0.3) is 0 Å². The standard InChI is InChI=1S/C12H4F14O6S2/c13-7(9(15,16)17,10(18,19)20)33(27,28)31-5-1-2-6(4-3-5)32-34(29,30)8(14,11(21,22)23)12(24,25)26/h1-4H. The highest BCUT2D eigenvalue weighted by molar-refractivity contribution is 7.88. The molecule has 0 amide bonds. The molecule has 0 saturated heterocycles. The summed E-state index contributed by atoms with van der Waals surface area (Å²) in [6.07, 6.45) is -28.6. The quantitative estimate of drug-likeness (QED) is 0.363. The van der Waals surface area contributed by atoms with Gasteiger partial charge in [0.15, 0.2) is 0 Å². The van der Waals surface area contributed by atoms with Crippen molar-refractivity contribution in [1.29, 1.82) is 0 Å². The van der Waals surface area contributed by atoms with Crippen molar-refractivity contribution in [1.82, 2.24) is 0 Å². The van der Waals surface area contributed by atoms with E-state index < -0.39 is 66.4 Å². The van der Waals surface area contributed by atoms with Crippen LogP contribution in [-0.2, 0) is 20.2 Å². The van der Waals surface area contributed by atoms with E-state index in [1.54, 1.807) is 0 Å². The van der Waals surface area contributed by atoms with Crippen molar-refractivity contribution in [3.8, 4) is 11.5 Å². The van der Waals surface area contributed by atoms with Gasteiger partial charge in [0.2, 0.25) is 0 Å². The molecule has 0 atom stereocenters. The Kier molecular flexibility index (Phi) is 7.14. The maximum absolute atomic E-state index is 13.6. The Morgan fingerprint density at radius 2 is 0.618 bits per heavy atom. The number of hydrogen-bond donors (Lipinski definition) is 0. The van der Waals surface area contributed by atoms with E-state index in [-0.39, 0.29) is 24.3 Å². The predicted molar refractivity (Wildman–Crippen MR) is 77.4 cm³/mol. The van der Waals surface area contributed by atoms with Crippen LogP contribution >= 0.6 is 0 Å². The molecule has 0 fully saturated rings. The van der Waals surface area contributed by atoms with Crippen molar-refractivity contribution in [2.75, 3.05) is 0 Å². The van der Waals surface area contributed by atoms with Gasteiger partial charge < -0.3 is 8.37 Å². The summed E-state index contributed by atoms with van der Waals surface area (Å²) in [5.41, 5.74) is 0. The van der Waals surface area contributed by atoms with Gasteiger partial charge in [-0.2, -0.15) is 69.5 Å². The zero-order valence-corrected chi connectivity index (χ0v) is 16.5. The minimum absolute atomic E-state index is 0.170. The molecule has 0 aliphatic carbocycles. The first-order valence-corrected chi connectivity index (χ1v) is 10.1. The SMILES string of the molecule is O=S(=O)(Oc1ccc(OS(=O)(=O)C(F)(C(F)(F)F)C(F)(F)F)cc1)C(F)(C(F)(F)F)C(F)(F)F. The third-order valence-electron chi connectivity index (χ3n) is 3.38. The molecule has 0 spiro atoms. The Bertz CT molecular complexity index is 979. The van der Waals surface area contributed by atoms with Gasteiger partial charge in [-0.3, -0.25) is 0 Å². The van der Waals surface area contributed by atoms with Gasteiger partial charge >= 0.3 is 54.9 Å². The van der Waals surface area contributed by atoms with Gasteiger partial charge in [-0.15, -0.1) is 0 Å². The van der Waals surface area contributed by atoms with Crippen LogP contribution in [0.1, 0.15) is 0 Å². The van der Waals surface area contributed by atoms with Gasteiger partial charge in [0.25, 0.3) is 0 Å². The number of alkyl halides is 14. The summed E-state index contributed by atoms with van der Waals surface area (Å²) in [6.45, 7) is 0. The van der Waals surface area contributed by atoms with E-state index in [4.69, 9.17) is 0 Å². The first-order chi connectivity index (χ1) is 14.7. The van der Waals surface area contributed by atoms with Crippen LogP contribution in [0, 0.1) is 0 Å². The zero-order chi connectivity index (χ0) is 27.4. The Hall–Kier alpha value is -2.26. The molecule has 6 nitrogen and oxygen atoms in total. The minimum atomic E-state index is -7.33. The lowest BCUT2D eigenvalue weighted by atomic mass is 10.3.